The van der Waals surface area contributed by atoms with Crippen molar-refractivity contribution in [2.45, 2.75) is 31.9 Å². The van der Waals surface area contributed by atoms with Gasteiger partial charge in [0.25, 0.3) is 0 Å². The highest BCUT2D eigenvalue weighted by Crippen LogP contribution is 2.38. The van der Waals surface area contributed by atoms with Crippen molar-refractivity contribution in [3.63, 3.8) is 0 Å². The first-order valence-corrected chi connectivity index (χ1v) is 14.3. The predicted octanol–water partition coefficient (Wildman–Crippen LogP) is 2.84. The summed E-state index contributed by atoms with van der Waals surface area (Å²) in [5, 5.41) is 5.50. The molecule has 9 nitrogen and oxygen atoms in total. The topological polar surface area (TPSA) is 124 Å². The minimum absolute atomic E-state index is 0.140. The van der Waals surface area contributed by atoms with E-state index in [-0.39, 0.29) is 24.3 Å². The number of amides is 2. The van der Waals surface area contributed by atoms with Crippen molar-refractivity contribution in [1.29, 1.82) is 0 Å². The molecule has 1 atom stereocenters. The molecule has 0 bridgehead atoms. The number of benzene rings is 1. The molecule has 208 valence electrons. The number of carbonyl (C=O) groups is 2. The van der Waals surface area contributed by atoms with Gasteiger partial charge in [-0.3, -0.25) is 14.6 Å². The van der Waals surface area contributed by atoms with Crippen molar-refractivity contribution in [3.05, 3.63) is 71.1 Å². The summed E-state index contributed by atoms with van der Waals surface area (Å²) in [6.45, 7) is -0.163. The van der Waals surface area contributed by atoms with Gasteiger partial charge in [-0.25, -0.2) is 8.42 Å². The lowest BCUT2D eigenvalue weighted by Crippen LogP contribution is -2.49. The number of pyridine rings is 1. The Bertz CT molecular complexity index is 1410. The number of nitrogens with one attached hydrogen (secondary N) is 2. The number of hydrogen-bond donors (Lipinski definition) is 2. The van der Waals surface area contributed by atoms with Gasteiger partial charge in [0, 0.05) is 24.8 Å². The molecular formula is C27H29F2N3O6S. The minimum atomic E-state index is -3.56. The first-order chi connectivity index (χ1) is 18.4. The largest absolute Gasteiger partial charge is 0.433 e. The van der Waals surface area contributed by atoms with E-state index in [2.05, 4.69) is 20.4 Å². The average molecular weight is 562 g/mol. The molecule has 3 heterocycles. The van der Waals surface area contributed by atoms with Gasteiger partial charge in [0.2, 0.25) is 11.8 Å². The summed E-state index contributed by atoms with van der Waals surface area (Å²) in [6.07, 6.45) is 5.20. The molecule has 0 spiro atoms. The van der Waals surface area contributed by atoms with Crippen LogP contribution < -0.4 is 15.4 Å². The van der Waals surface area contributed by atoms with Crippen LogP contribution in [0.15, 0.2) is 54.2 Å². The Hall–Kier alpha value is -3.64. The van der Waals surface area contributed by atoms with Crippen molar-refractivity contribution in [2.75, 3.05) is 31.8 Å². The third kappa shape index (κ3) is 7.27. The first kappa shape index (κ1) is 28.4. The average Bonchev–Trinajstić information content (AvgIpc) is 2.87. The molecule has 0 saturated heterocycles. The molecule has 39 heavy (non-hydrogen) atoms. The number of aromatic nitrogens is 1. The number of carbonyl (C=O) groups excluding carboxylic acids is 2. The molecule has 2 aliphatic heterocycles. The lowest BCUT2D eigenvalue weighted by atomic mass is 9.79. The van der Waals surface area contributed by atoms with E-state index in [9.17, 15) is 26.8 Å². The fourth-order valence-corrected chi connectivity index (χ4v) is 5.20. The number of ether oxygens (including phenoxy) is 2. The van der Waals surface area contributed by atoms with Gasteiger partial charge >= 0.3 is 6.61 Å². The maximum atomic E-state index is 13.4. The molecular weight excluding hydrogens is 532 g/mol. The van der Waals surface area contributed by atoms with E-state index in [0.29, 0.717) is 24.5 Å². The van der Waals surface area contributed by atoms with Gasteiger partial charge in [0.15, 0.2) is 9.84 Å². The molecule has 1 aromatic heterocycles. The second-order valence-corrected chi connectivity index (χ2v) is 11.8. The summed E-state index contributed by atoms with van der Waals surface area (Å²) < 4.78 is 58.0. The molecule has 2 N–H and O–H groups in total. The third-order valence-electron chi connectivity index (χ3n) is 6.54. The fourth-order valence-electron chi connectivity index (χ4n) is 4.62. The highest BCUT2D eigenvalue weighted by Gasteiger charge is 2.38. The van der Waals surface area contributed by atoms with Crippen LogP contribution in [0.4, 0.5) is 8.78 Å². The second-order valence-electron chi connectivity index (χ2n) is 9.66. The molecule has 4 rings (SSSR count). The van der Waals surface area contributed by atoms with Gasteiger partial charge in [-0.15, -0.1) is 0 Å². The van der Waals surface area contributed by atoms with Crippen molar-refractivity contribution in [1.82, 2.24) is 15.6 Å². The van der Waals surface area contributed by atoms with E-state index in [0.717, 1.165) is 30.0 Å². The molecule has 2 amide bonds. The van der Waals surface area contributed by atoms with Gasteiger partial charge in [-0.1, -0.05) is 30.3 Å². The SMILES string of the molecule is C[C@@]1(c2ccc(C3=CCOCC3)cc2)CC(c2ccc(OC(F)F)cn2)=C(CNC(=O)CS(C)(=O)=O)C(=O)N1. The monoisotopic (exact) mass is 561 g/mol. The van der Waals surface area contributed by atoms with Crippen LogP contribution in [0.5, 0.6) is 5.75 Å². The van der Waals surface area contributed by atoms with Crippen molar-refractivity contribution in [3.8, 4) is 5.75 Å². The number of halogens is 2. The highest BCUT2D eigenvalue weighted by atomic mass is 32.2. The summed E-state index contributed by atoms with van der Waals surface area (Å²) in [5.74, 6) is -2.08. The van der Waals surface area contributed by atoms with Crippen LogP contribution in [0.3, 0.4) is 0 Å². The number of alkyl halides is 2. The molecule has 12 heteroatoms. The molecule has 0 unspecified atom stereocenters. The van der Waals surface area contributed by atoms with E-state index in [1.807, 2.05) is 37.3 Å². The zero-order chi connectivity index (χ0) is 28.2. The van der Waals surface area contributed by atoms with Crippen molar-refractivity contribution < 1.29 is 36.3 Å². The van der Waals surface area contributed by atoms with Gasteiger partial charge in [0.05, 0.1) is 30.6 Å². The Morgan fingerprint density at radius 3 is 2.56 bits per heavy atom. The second kappa shape index (κ2) is 11.6. The Balaban J connectivity index is 1.65. The number of sulfone groups is 1. The maximum absolute atomic E-state index is 13.4. The van der Waals surface area contributed by atoms with Gasteiger partial charge in [-0.2, -0.15) is 8.78 Å². The smallest absolute Gasteiger partial charge is 0.387 e. The summed E-state index contributed by atoms with van der Waals surface area (Å²) >= 11 is 0. The van der Waals surface area contributed by atoms with E-state index in [1.165, 1.54) is 17.7 Å². The van der Waals surface area contributed by atoms with Crippen molar-refractivity contribution in [2.24, 2.45) is 0 Å². The van der Waals surface area contributed by atoms with Crippen LogP contribution in [0, 0.1) is 0 Å². The summed E-state index contributed by atoms with van der Waals surface area (Å²) in [5.41, 5.74) is 3.25. The lowest BCUT2D eigenvalue weighted by Gasteiger charge is -2.37. The van der Waals surface area contributed by atoms with Gasteiger partial charge < -0.3 is 20.1 Å². The predicted molar refractivity (Wildman–Crippen MR) is 140 cm³/mol. The molecule has 0 fully saturated rings. The zero-order valence-corrected chi connectivity index (χ0v) is 22.3. The quantitative estimate of drug-likeness (QED) is 0.483. The number of rotatable bonds is 9. The van der Waals surface area contributed by atoms with Crippen molar-refractivity contribution >= 4 is 32.8 Å². The van der Waals surface area contributed by atoms with E-state index < -0.39 is 39.6 Å². The van der Waals surface area contributed by atoms with Crippen LogP contribution in [0.2, 0.25) is 0 Å². The van der Waals surface area contributed by atoms with Crippen LogP contribution in [-0.2, 0) is 29.7 Å². The van der Waals surface area contributed by atoms with E-state index in [4.69, 9.17) is 4.74 Å². The Labute approximate surface area is 225 Å². The molecule has 1 aromatic carbocycles. The van der Waals surface area contributed by atoms with Gasteiger partial charge in [-0.05, 0) is 47.8 Å². The third-order valence-corrected chi connectivity index (χ3v) is 7.33. The Morgan fingerprint density at radius 1 is 1.23 bits per heavy atom. The Morgan fingerprint density at radius 2 is 1.97 bits per heavy atom. The summed E-state index contributed by atoms with van der Waals surface area (Å²) in [4.78, 5) is 29.8. The molecule has 2 aliphatic rings. The highest BCUT2D eigenvalue weighted by molar-refractivity contribution is 7.91. The van der Waals surface area contributed by atoms with Crippen LogP contribution in [0.25, 0.3) is 11.1 Å². The van der Waals surface area contributed by atoms with E-state index in [1.54, 1.807) is 0 Å². The zero-order valence-electron chi connectivity index (χ0n) is 21.5. The Kier molecular flexibility index (Phi) is 8.45. The van der Waals surface area contributed by atoms with Crippen LogP contribution >= 0.6 is 0 Å². The molecule has 0 aliphatic carbocycles. The first-order valence-electron chi connectivity index (χ1n) is 12.2. The minimum Gasteiger partial charge on any atom is -0.433 e. The van der Waals surface area contributed by atoms with Crippen LogP contribution in [-0.4, -0.2) is 63.6 Å². The molecule has 2 aromatic rings. The maximum Gasteiger partial charge on any atom is 0.387 e. The summed E-state index contributed by atoms with van der Waals surface area (Å²) in [6, 6.07) is 10.6. The lowest BCUT2D eigenvalue weighted by molar-refractivity contribution is -0.120. The fraction of sp³-hybridized carbons (Fsp3) is 0.370. The van der Waals surface area contributed by atoms with Crippen LogP contribution in [0.1, 0.15) is 36.6 Å². The summed E-state index contributed by atoms with van der Waals surface area (Å²) in [7, 11) is -3.56. The standard InChI is InChI=1S/C27H29F2N3O6S/c1-27(19-5-3-17(4-6-19)18-9-11-37-12-10-18)13-21(23-8-7-20(14-30-23)38-26(28)29)22(25(34)32-27)15-31-24(33)16-39(2,35)36/h3-9,14,26H,10-13,15-16H2,1-2H3,(H,31,33)(H,32,34)/t27-/m0/s1. The number of nitrogens with zero attached hydrogens (tertiary/aromatic N) is 1. The molecule has 0 saturated carbocycles. The van der Waals surface area contributed by atoms with Gasteiger partial charge in [0.1, 0.15) is 11.5 Å². The molecule has 0 radical (unpaired) electrons. The normalized spacial score (nSPS) is 19.9. The number of hydrogen-bond acceptors (Lipinski definition) is 7. The van der Waals surface area contributed by atoms with E-state index >= 15 is 0 Å².